The number of fused-ring (bicyclic) bond motifs is 5. The van der Waals surface area contributed by atoms with Crippen molar-refractivity contribution in [3.8, 4) is 0 Å². The van der Waals surface area contributed by atoms with Crippen LogP contribution in [0, 0.1) is 46.3 Å². The van der Waals surface area contributed by atoms with Crippen LogP contribution in [-0.4, -0.2) is 42.2 Å². The van der Waals surface area contributed by atoms with Crippen LogP contribution >= 0.6 is 0 Å². The lowest BCUT2D eigenvalue weighted by Gasteiger charge is -2.62. The number of aliphatic hydroxyl groups excluding tert-OH is 1. The molecule has 44 heavy (non-hydrogen) atoms. The summed E-state index contributed by atoms with van der Waals surface area (Å²) in [5, 5.41) is 11.1. The Bertz CT molecular complexity index is 985. The van der Waals surface area contributed by atoms with Gasteiger partial charge in [-0.2, -0.15) is 22.0 Å². The van der Waals surface area contributed by atoms with E-state index in [0.717, 1.165) is 77.0 Å². The second kappa shape index (κ2) is 14.3. The molecule has 0 bridgehead atoms. The number of methoxy groups -OCH3 is 1. The Morgan fingerprint density at radius 1 is 0.932 bits per heavy atom. The Balaban J connectivity index is 1.23. The van der Waals surface area contributed by atoms with Crippen molar-refractivity contribution >= 4 is 11.8 Å². The Hall–Kier alpha value is -1.25. The number of halogens is 5. The van der Waals surface area contributed by atoms with E-state index in [0.29, 0.717) is 54.6 Å². The number of Topliss-reactive ketones (excluding diaryl/α,β-unsaturated/α-hetero) is 1. The largest absolute Gasteiger partial charge is 0.469 e. The van der Waals surface area contributed by atoms with E-state index in [1.807, 2.05) is 0 Å². The zero-order chi connectivity index (χ0) is 32.3. The number of esters is 1. The molecule has 4 aliphatic rings. The highest BCUT2D eigenvalue weighted by atomic mass is 19.4. The SMILES string of the molecule is COC(=O)C(CCCCCCCC[C@H]1C[C@]2(C)[C@@H](O)CC[C@H]2[C@@H]2CC[C@H]3CC(=O)CC[C@]3(C)[C@@H]12)CCCC(F)(F)C(F)(F)F. The molecule has 0 aromatic rings. The maximum Gasteiger partial charge on any atom is 0.453 e. The maximum absolute atomic E-state index is 13.3. The molecule has 0 heterocycles. The highest BCUT2D eigenvalue weighted by Gasteiger charge is 2.62. The molecule has 1 unspecified atom stereocenters. The third kappa shape index (κ3) is 7.48. The van der Waals surface area contributed by atoms with Gasteiger partial charge in [0.05, 0.1) is 19.1 Å². The molecule has 0 spiro atoms. The summed E-state index contributed by atoms with van der Waals surface area (Å²) in [4.78, 5) is 24.5. The lowest BCUT2D eigenvalue weighted by atomic mass is 9.42. The number of rotatable bonds is 14. The van der Waals surface area contributed by atoms with Crippen LogP contribution in [-0.2, 0) is 14.3 Å². The highest BCUT2D eigenvalue weighted by molar-refractivity contribution is 5.79. The molecule has 9 atom stereocenters. The van der Waals surface area contributed by atoms with Crippen molar-refractivity contribution in [2.45, 2.75) is 154 Å². The van der Waals surface area contributed by atoms with Crippen molar-refractivity contribution < 1.29 is 41.4 Å². The fourth-order valence-electron chi connectivity index (χ4n) is 10.5. The van der Waals surface area contributed by atoms with Gasteiger partial charge in [0.25, 0.3) is 0 Å². The van der Waals surface area contributed by atoms with E-state index in [1.165, 1.54) is 13.5 Å². The number of ketones is 1. The summed E-state index contributed by atoms with van der Waals surface area (Å²) in [6.07, 6.45) is 7.83. The van der Waals surface area contributed by atoms with Crippen LogP contribution in [0.3, 0.4) is 0 Å². The second-order valence-electron chi connectivity index (χ2n) is 15.4. The Morgan fingerprint density at radius 2 is 1.59 bits per heavy atom. The first kappa shape index (κ1) is 35.6. The number of ether oxygens (including phenoxy) is 1. The average Bonchev–Trinajstić information content (AvgIpc) is 3.26. The molecule has 1 N–H and O–H groups in total. The first-order valence-electron chi connectivity index (χ1n) is 17.4. The first-order chi connectivity index (χ1) is 20.6. The Morgan fingerprint density at radius 3 is 2.27 bits per heavy atom. The third-order valence-corrected chi connectivity index (χ3v) is 12.9. The smallest absolute Gasteiger partial charge is 0.453 e. The summed E-state index contributed by atoms with van der Waals surface area (Å²) in [6.45, 7) is 4.81. The normalized spacial score (nSPS) is 36.3. The predicted octanol–water partition coefficient (Wildman–Crippen LogP) is 9.46. The number of alkyl halides is 5. The van der Waals surface area contributed by atoms with Crippen molar-refractivity contribution in [1.29, 1.82) is 0 Å². The van der Waals surface area contributed by atoms with Gasteiger partial charge in [-0.1, -0.05) is 58.8 Å². The fourth-order valence-corrected chi connectivity index (χ4v) is 10.5. The Labute approximate surface area is 260 Å². The molecule has 9 heteroatoms. The summed E-state index contributed by atoms with van der Waals surface area (Å²) in [6, 6.07) is 0. The monoisotopic (exact) mass is 634 g/mol. The number of unbranched alkanes of at least 4 members (excludes halogenated alkanes) is 5. The van der Waals surface area contributed by atoms with E-state index in [9.17, 15) is 36.6 Å². The molecule has 0 aliphatic heterocycles. The van der Waals surface area contributed by atoms with Crippen molar-refractivity contribution in [2.24, 2.45) is 46.3 Å². The van der Waals surface area contributed by atoms with Gasteiger partial charge in [0, 0.05) is 19.3 Å². The zero-order valence-corrected chi connectivity index (χ0v) is 27.0. The van der Waals surface area contributed by atoms with E-state index < -0.39 is 30.4 Å². The van der Waals surface area contributed by atoms with Crippen LogP contribution < -0.4 is 0 Å². The van der Waals surface area contributed by atoms with Gasteiger partial charge in [-0.25, -0.2) is 0 Å². The fraction of sp³-hybridized carbons (Fsp3) is 0.943. The van der Waals surface area contributed by atoms with E-state index in [2.05, 4.69) is 13.8 Å². The molecule has 4 rings (SSSR count). The van der Waals surface area contributed by atoms with E-state index in [1.54, 1.807) is 0 Å². The van der Waals surface area contributed by atoms with Gasteiger partial charge in [0.1, 0.15) is 5.78 Å². The van der Waals surface area contributed by atoms with Gasteiger partial charge >= 0.3 is 18.1 Å². The minimum Gasteiger partial charge on any atom is -0.469 e. The summed E-state index contributed by atoms with van der Waals surface area (Å²) in [5.41, 5.74) is 0.216. The number of carbonyl (C=O) groups excluding carboxylic acids is 2. The standard InChI is InChI=1S/C35H55F5O4/c1-32-20-18-26(41)21-25(32)14-15-27-28-16-17-29(42)33(28,2)22-24(30(27)32)12-9-7-5-4-6-8-11-23(31(43)44-3)13-10-19-34(36,37)35(38,39)40/h23-25,27-30,42H,4-22H2,1-3H3/t23?,24-,25-,27-,28-,29-,30-,32-,33-/m0/s1. The molecule has 254 valence electrons. The summed E-state index contributed by atoms with van der Waals surface area (Å²) in [5.74, 6) is -2.58. The summed E-state index contributed by atoms with van der Waals surface area (Å²) >= 11 is 0. The molecule has 0 amide bonds. The van der Waals surface area contributed by atoms with E-state index in [4.69, 9.17) is 4.74 Å². The van der Waals surface area contributed by atoms with Crippen molar-refractivity contribution in [1.82, 2.24) is 0 Å². The predicted molar refractivity (Wildman–Crippen MR) is 159 cm³/mol. The molecule has 4 saturated carbocycles. The van der Waals surface area contributed by atoms with Gasteiger partial charge < -0.3 is 9.84 Å². The highest BCUT2D eigenvalue weighted by Crippen LogP contribution is 2.68. The van der Waals surface area contributed by atoms with E-state index >= 15 is 0 Å². The number of hydrogen-bond donors (Lipinski definition) is 1. The molecule has 0 radical (unpaired) electrons. The van der Waals surface area contributed by atoms with Crippen LogP contribution in [0.1, 0.15) is 136 Å². The number of aliphatic hydroxyl groups is 1. The molecular weight excluding hydrogens is 579 g/mol. The molecule has 0 saturated heterocycles. The van der Waals surface area contributed by atoms with Gasteiger partial charge in [0.15, 0.2) is 0 Å². The van der Waals surface area contributed by atoms with Crippen LogP contribution in [0.2, 0.25) is 0 Å². The molecule has 0 aromatic heterocycles. The molecule has 4 fully saturated rings. The van der Waals surface area contributed by atoms with Crippen LogP contribution in [0.4, 0.5) is 22.0 Å². The summed E-state index contributed by atoms with van der Waals surface area (Å²) < 4.78 is 68.6. The topological polar surface area (TPSA) is 63.6 Å². The van der Waals surface area contributed by atoms with Crippen LogP contribution in [0.25, 0.3) is 0 Å². The van der Waals surface area contributed by atoms with Gasteiger partial charge in [-0.05, 0) is 98.2 Å². The van der Waals surface area contributed by atoms with Crippen molar-refractivity contribution in [3.63, 3.8) is 0 Å². The zero-order valence-electron chi connectivity index (χ0n) is 27.0. The first-order valence-corrected chi connectivity index (χ1v) is 17.4. The van der Waals surface area contributed by atoms with Crippen LogP contribution in [0.15, 0.2) is 0 Å². The number of hydrogen-bond acceptors (Lipinski definition) is 4. The van der Waals surface area contributed by atoms with Gasteiger partial charge in [-0.3, -0.25) is 9.59 Å². The third-order valence-electron chi connectivity index (χ3n) is 12.9. The average molecular weight is 635 g/mol. The Kier molecular flexibility index (Phi) is 11.5. The minimum absolute atomic E-state index is 0.00165. The minimum atomic E-state index is -5.57. The quantitative estimate of drug-likeness (QED) is 0.117. The molecular formula is C35H55F5O4. The summed E-state index contributed by atoms with van der Waals surface area (Å²) in [7, 11) is 1.21. The molecule has 4 nitrogen and oxygen atoms in total. The van der Waals surface area contributed by atoms with Gasteiger partial charge in [-0.15, -0.1) is 0 Å². The second-order valence-corrected chi connectivity index (χ2v) is 15.4. The van der Waals surface area contributed by atoms with Gasteiger partial charge in [0.2, 0.25) is 0 Å². The lowest BCUT2D eigenvalue weighted by Crippen LogP contribution is -2.57. The molecule has 0 aromatic carbocycles. The number of carbonyl (C=O) groups is 2. The lowest BCUT2D eigenvalue weighted by molar-refractivity contribution is -0.284. The maximum atomic E-state index is 13.3. The molecule has 4 aliphatic carbocycles. The van der Waals surface area contributed by atoms with Crippen LogP contribution in [0.5, 0.6) is 0 Å². The van der Waals surface area contributed by atoms with E-state index in [-0.39, 0.29) is 29.8 Å². The van der Waals surface area contributed by atoms with Crippen molar-refractivity contribution in [2.75, 3.05) is 7.11 Å². The van der Waals surface area contributed by atoms with Crippen molar-refractivity contribution in [3.05, 3.63) is 0 Å².